The smallest absolute Gasteiger partial charge is 0.342 e. The predicted octanol–water partition coefficient (Wildman–Crippen LogP) is 4.37. The van der Waals surface area contributed by atoms with Crippen molar-refractivity contribution >= 4 is 103 Å². The highest BCUT2D eigenvalue weighted by Crippen LogP contribution is 2.39. The molecule has 0 rings (SSSR count). The first-order valence-electron chi connectivity index (χ1n) is 6.07. The fraction of sp³-hybridized carbons (Fsp3) is 0.778. The summed E-state index contributed by atoms with van der Waals surface area (Å²) in [6.07, 6.45) is 0. The molecule has 0 aromatic heterocycles. The van der Waals surface area contributed by atoms with E-state index in [1.54, 1.807) is 0 Å². The van der Waals surface area contributed by atoms with Crippen LogP contribution in [0.25, 0.3) is 0 Å². The van der Waals surface area contributed by atoms with Crippen LogP contribution in [-0.4, -0.2) is 34.3 Å². The van der Waals surface area contributed by atoms with Gasteiger partial charge in [-0.2, -0.15) is 0 Å². The average molecular weight is 672 g/mol. The Morgan fingerprint density at radius 2 is 1.53 bits per heavy atom. The largest absolute Gasteiger partial charge is 0.440 e. The molecule has 0 aromatic rings. The SMILES string of the molecule is C=C[Si](C)(O[SiH](C)C(I)(I)I)O[Si](C)(C)O[SiH](C)C. The maximum Gasteiger partial charge on any atom is 0.342 e. The van der Waals surface area contributed by atoms with Crippen molar-refractivity contribution in [1.29, 1.82) is 0 Å². The van der Waals surface area contributed by atoms with Gasteiger partial charge in [-0.1, -0.05) is 73.5 Å². The zero-order valence-corrected chi connectivity index (χ0v) is 23.1. The van der Waals surface area contributed by atoms with E-state index in [0.717, 1.165) is 0 Å². The lowest BCUT2D eigenvalue weighted by molar-refractivity contribution is 0.345. The van der Waals surface area contributed by atoms with Crippen molar-refractivity contribution in [1.82, 2.24) is 0 Å². The number of alkyl halides is 3. The predicted molar refractivity (Wildman–Crippen MR) is 119 cm³/mol. The van der Waals surface area contributed by atoms with Crippen molar-refractivity contribution in [2.45, 2.75) is 38.3 Å². The van der Waals surface area contributed by atoms with Crippen LogP contribution in [0.15, 0.2) is 12.3 Å². The molecule has 0 fully saturated rings. The first kappa shape index (κ1) is 21.7. The Hall–Kier alpha value is 2.68. The summed E-state index contributed by atoms with van der Waals surface area (Å²) in [7, 11) is -6.88. The first-order chi connectivity index (χ1) is 8.31. The zero-order chi connectivity index (χ0) is 15.5. The van der Waals surface area contributed by atoms with E-state index >= 15 is 0 Å². The molecule has 0 bridgehead atoms. The van der Waals surface area contributed by atoms with Crippen molar-refractivity contribution in [2.24, 2.45) is 0 Å². The topological polar surface area (TPSA) is 27.7 Å². The lowest BCUT2D eigenvalue weighted by Gasteiger charge is -2.37. The van der Waals surface area contributed by atoms with E-state index in [0.29, 0.717) is 0 Å². The van der Waals surface area contributed by atoms with Gasteiger partial charge in [-0.3, -0.25) is 0 Å². The minimum absolute atomic E-state index is 0.146. The summed E-state index contributed by atoms with van der Waals surface area (Å²) in [4.78, 5) is 0. The Morgan fingerprint density at radius 1 is 1.05 bits per heavy atom. The molecule has 0 N–H and O–H groups in total. The molecule has 0 aliphatic carbocycles. The summed E-state index contributed by atoms with van der Waals surface area (Å²) < 4.78 is 18.9. The Balaban J connectivity index is 4.84. The molecule has 0 radical (unpaired) electrons. The van der Waals surface area contributed by atoms with Crippen LogP contribution in [0.4, 0.5) is 0 Å². The van der Waals surface area contributed by atoms with E-state index in [9.17, 15) is 0 Å². The van der Waals surface area contributed by atoms with E-state index in [4.69, 9.17) is 12.3 Å². The van der Waals surface area contributed by atoms with E-state index in [-0.39, 0.29) is -0.942 Å². The van der Waals surface area contributed by atoms with Gasteiger partial charge < -0.3 is 12.3 Å². The van der Waals surface area contributed by atoms with Crippen molar-refractivity contribution in [3.8, 4) is 0 Å². The molecular weight excluding hydrogens is 649 g/mol. The van der Waals surface area contributed by atoms with Gasteiger partial charge in [-0.15, -0.1) is 6.58 Å². The second-order valence-electron chi connectivity index (χ2n) is 5.19. The van der Waals surface area contributed by atoms with Gasteiger partial charge in [0.25, 0.3) is 0 Å². The third-order valence-electron chi connectivity index (χ3n) is 2.21. The summed E-state index contributed by atoms with van der Waals surface area (Å²) in [6, 6.07) is 0. The summed E-state index contributed by atoms with van der Waals surface area (Å²) in [5.74, 6) is 0. The summed E-state index contributed by atoms with van der Waals surface area (Å²) in [5.41, 5.74) is 1.89. The Bertz CT molecular complexity index is 312. The van der Waals surface area contributed by atoms with Gasteiger partial charge in [0.2, 0.25) is 0 Å². The van der Waals surface area contributed by atoms with E-state index in [1.165, 1.54) is 0 Å². The van der Waals surface area contributed by atoms with Gasteiger partial charge in [0, 0.05) is 0 Å². The third kappa shape index (κ3) is 9.42. The Labute approximate surface area is 164 Å². The molecule has 2 atom stereocenters. The van der Waals surface area contributed by atoms with E-state index in [2.05, 4.69) is 114 Å². The monoisotopic (exact) mass is 672 g/mol. The fourth-order valence-electron chi connectivity index (χ4n) is 1.61. The van der Waals surface area contributed by atoms with Crippen LogP contribution in [0.1, 0.15) is 0 Å². The minimum atomic E-state index is -2.33. The van der Waals surface area contributed by atoms with Crippen molar-refractivity contribution in [2.75, 3.05) is 0 Å². The second-order valence-corrected chi connectivity index (χ2v) is 32.2. The lowest BCUT2D eigenvalue weighted by atomic mass is 11.3. The molecule has 0 saturated carbocycles. The molecule has 0 saturated heterocycles. The van der Waals surface area contributed by atoms with Gasteiger partial charge in [-0.25, -0.2) is 0 Å². The van der Waals surface area contributed by atoms with Gasteiger partial charge >= 0.3 is 17.1 Å². The van der Waals surface area contributed by atoms with Gasteiger partial charge in [0.05, 0.1) is 0 Å². The molecular formula is C9H23I3O3Si4. The highest BCUT2D eigenvalue weighted by atomic mass is 127. The highest BCUT2D eigenvalue weighted by Gasteiger charge is 2.42. The molecule has 0 aliphatic heterocycles. The van der Waals surface area contributed by atoms with Crippen molar-refractivity contribution in [3.63, 3.8) is 0 Å². The van der Waals surface area contributed by atoms with Crippen LogP contribution < -0.4 is 0 Å². The molecule has 0 heterocycles. The van der Waals surface area contributed by atoms with Gasteiger partial charge in [0.1, 0.15) is -0.942 Å². The molecule has 114 valence electrons. The number of rotatable bonds is 8. The van der Waals surface area contributed by atoms with Crippen molar-refractivity contribution < 1.29 is 12.3 Å². The van der Waals surface area contributed by atoms with Crippen LogP contribution in [0.5, 0.6) is 0 Å². The third-order valence-corrected chi connectivity index (χ3v) is 22.8. The van der Waals surface area contributed by atoms with E-state index < -0.39 is 35.2 Å². The Morgan fingerprint density at radius 3 is 1.84 bits per heavy atom. The molecule has 0 amide bonds. The summed E-state index contributed by atoms with van der Waals surface area (Å²) in [5, 5.41) is 0. The maximum atomic E-state index is 6.35. The van der Waals surface area contributed by atoms with Crippen LogP contribution in [-0.2, 0) is 12.3 Å². The van der Waals surface area contributed by atoms with Crippen LogP contribution in [0.3, 0.4) is 0 Å². The Kier molecular flexibility index (Phi) is 9.71. The molecule has 19 heavy (non-hydrogen) atoms. The average Bonchev–Trinajstić information content (AvgIpc) is 2.12. The minimum Gasteiger partial charge on any atom is -0.440 e. The lowest BCUT2D eigenvalue weighted by Crippen LogP contribution is -2.54. The van der Waals surface area contributed by atoms with Gasteiger partial charge in [0.15, 0.2) is 18.1 Å². The first-order valence-corrected chi connectivity index (χ1v) is 19.5. The second kappa shape index (κ2) is 8.51. The van der Waals surface area contributed by atoms with Crippen LogP contribution >= 0.6 is 67.8 Å². The van der Waals surface area contributed by atoms with Crippen LogP contribution in [0, 0.1) is 0 Å². The highest BCUT2D eigenvalue weighted by molar-refractivity contribution is 14.3. The molecule has 0 spiro atoms. The fourth-order valence-corrected chi connectivity index (χ4v) is 18.8. The van der Waals surface area contributed by atoms with Crippen molar-refractivity contribution in [3.05, 3.63) is 12.3 Å². The normalized spacial score (nSPS) is 18.2. The van der Waals surface area contributed by atoms with Gasteiger partial charge in [-0.05, 0) is 39.3 Å². The van der Waals surface area contributed by atoms with Crippen LogP contribution in [0.2, 0.25) is 39.3 Å². The number of halogens is 3. The van der Waals surface area contributed by atoms with E-state index in [1.807, 2.05) is 5.70 Å². The summed E-state index contributed by atoms with van der Waals surface area (Å²) in [6.45, 7) is 16.8. The molecule has 0 aromatic carbocycles. The molecule has 0 aliphatic rings. The molecule has 3 nitrogen and oxygen atoms in total. The summed E-state index contributed by atoms with van der Waals surface area (Å²) >= 11 is 7.34. The molecule has 2 unspecified atom stereocenters. The number of hydrogen-bond acceptors (Lipinski definition) is 3. The standard InChI is InChI=1S/C9H23I3O3Si4/c1-8-19(7,14-17(4)9(10,11)12)15-18(5,6)13-16(2)3/h8,16-17H,1H2,2-7H3. The quantitative estimate of drug-likeness (QED) is 0.218. The molecule has 10 heteroatoms. The number of hydrogen-bond donors (Lipinski definition) is 0. The zero-order valence-electron chi connectivity index (χ0n) is 12.3. The maximum absolute atomic E-state index is 6.35.